The summed E-state index contributed by atoms with van der Waals surface area (Å²) in [7, 11) is 0. The molecule has 0 aromatic carbocycles. The van der Waals surface area contributed by atoms with E-state index in [4.69, 9.17) is 16.0 Å². The van der Waals surface area contributed by atoms with E-state index in [1.807, 2.05) is 0 Å². The molecule has 0 bridgehead atoms. The zero-order chi connectivity index (χ0) is 7.68. The molecule has 5 heteroatoms. The molecule has 60 valence electrons. The van der Waals surface area contributed by atoms with Crippen LogP contribution in [0.25, 0.3) is 0 Å². The fourth-order valence-corrected chi connectivity index (χ4v) is 1.37. The first-order chi connectivity index (χ1) is 5.36. The van der Waals surface area contributed by atoms with Crippen molar-refractivity contribution in [3.63, 3.8) is 0 Å². The number of nitrogens with one attached hydrogen (secondary N) is 1. The predicted molar refractivity (Wildman–Crippen MR) is 39.3 cm³/mol. The maximum absolute atomic E-state index is 5.47. The minimum Gasteiger partial charge on any atom is -0.410 e. The quantitative estimate of drug-likeness (QED) is 0.692. The van der Waals surface area contributed by atoms with Crippen molar-refractivity contribution in [3.05, 3.63) is 11.2 Å². The number of nitrogens with zero attached hydrogens (tertiary/aromatic N) is 2. The second-order valence-corrected chi connectivity index (χ2v) is 2.87. The van der Waals surface area contributed by atoms with Gasteiger partial charge in [0.1, 0.15) is 0 Å². The van der Waals surface area contributed by atoms with Gasteiger partial charge in [-0.3, -0.25) is 0 Å². The van der Waals surface area contributed by atoms with E-state index in [9.17, 15) is 0 Å². The number of halogens is 1. The Hall–Kier alpha value is -0.610. The Morgan fingerprint density at radius 3 is 3.00 bits per heavy atom. The lowest BCUT2D eigenvalue weighted by Gasteiger charge is -2.01. The first-order valence-corrected chi connectivity index (χ1v) is 3.96. The molecule has 0 unspecified atom stereocenters. The van der Waals surface area contributed by atoms with Crippen molar-refractivity contribution in [2.75, 3.05) is 6.54 Å². The van der Waals surface area contributed by atoms with Crippen LogP contribution in [0.3, 0.4) is 0 Å². The number of hydrogen-bond donors (Lipinski definition) is 1. The van der Waals surface area contributed by atoms with Crippen molar-refractivity contribution in [2.24, 2.45) is 0 Å². The van der Waals surface area contributed by atoms with E-state index in [1.165, 1.54) is 0 Å². The fraction of sp³-hybridized carbons (Fsp3) is 0.667. The zero-order valence-corrected chi connectivity index (χ0v) is 6.64. The molecule has 1 aliphatic heterocycles. The molecular weight excluding hydrogens is 166 g/mol. The SMILES string of the molecule is Clc1nnc([C@@H]2CCCN2)o1. The molecule has 11 heavy (non-hydrogen) atoms. The Balaban J connectivity index is 2.15. The molecule has 1 saturated heterocycles. The van der Waals surface area contributed by atoms with E-state index in [-0.39, 0.29) is 11.4 Å². The highest BCUT2D eigenvalue weighted by Crippen LogP contribution is 2.22. The van der Waals surface area contributed by atoms with Crippen molar-refractivity contribution in [1.29, 1.82) is 0 Å². The highest BCUT2D eigenvalue weighted by molar-refractivity contribution is 6.27. The Morgan fingerprint density at radius 1 is 1.55 bits per heavy atom. The molecule has 1 aromatic rings. The lowest BCUT2D eigenvalue weighted by Crippen LogP contribution is -2.12. The number of aromatic nitrogens is 2. The van der Waals surface area contributed by atoms with E-state index >= 15 is 0 Å². The van der Waals surface area contributed by atoms with Crippen LogP contribution in [-0.4, -0.2) is 16.7 Å². The van der Waals surface area contributed by atoms with E-state index in [0.717, 1.165) is 19.4 Å². The largest absolute Gasteiger partial charge is 0.410 e. The highest BCUT2D eigenvalue weighted by atomic mass is 35.5. The average Bonchev–Trinajstić information content (AvgIpc) is 2.55. The maximum atomic E-state index is 5.47. The normalized spacial score (nSPS) is 24.3. The van der Waals surface area contributed by atoms with Crippen LogP contribution in [0, 0.1) is 0 Å². The standard InChI is InChI=1S/C6H8ClN3O/c7-6-10-9-5(11-6)4-2-1-3-8-4/h4,8H,1-3H2/t4-/m0/s1. The third-order valence-electron chi connectivity index (χ3n) is 1.77. The van der Waals surface area contributed by atoms with Gasteiger partial charge in [-0.25, -0.2) is 0 Å². The van der Waals surface area contributed by atoms with Crippen molar-refractivity contribution < 1.29 is 4.42 Å². The van der Waals surface area contributed by atoms with Gasteiger partial charge in [0, 0.05) is 0 Å². The third-order valence-corrected chi connectivity index (χ3v) is 1.93. The summed E-state index contributed by atoms with van der Waals surface area (Å²) in [5.41, 5.74) is 0. The predicted octanol–water partition coefficient (Wildman–Crippen LogP) is 1.15. The monoisotopic (exact) mass is 173 g/mol. The molecule has 1 aromatic heterocycles. The van der Waals surface area contributed by atoms with Gasteiger partial charge < -0.3 is 9.73 Å². The fourth-order valence-electron chi connectivity index (χ4n) is 1.25. The molecule has 0 amide bonds. The topological polar surface area (TPSA) is 51.0 Å². The van der Waals surface area contributed by atoms with E-state index in [0.29, 0.717) is 5.89 Å². The summed E-state index contributed by atoms with van der Waals surface area (Å²) in [4.78, 5) is 0. The Labute approximate surface area is 68.9 Å². The smallest absolute Gasteiger partial charge is 0.312 e. The van der Waals surface area contributed by atoms with E-state index in [1.54, 1.807) is 0 Å². The Bertz CT molecular complexity index is 244. The van der Waals surface area contributed by atoms with Crippen LogP contribution in [0.4, 0.5) is 0 Å². The molecular formula is C6H8ClN3O. The van der Waals surface area contributed by atoms with Crippen LogP contribution >= 0.6 is 11.6 Å². The molecule has 2 heterocycles. The zero-order valence-electron chi connectivity index (χ0n) is 5.88. The van der Waals surface area contributed by atoms with Gasteiger partial charge in [-0.05, 0) is 31.0 Å². The Morgan fingerprint density at radius 2 is 2.45 bits per heavy atom. The molecule has 4 nitrogen and oxygen atoms in total. The van der Waals surface area contributed by atoms with Gasteiger partial charge in [0.2, 0.25) is 5.89 Å². The first kappa shape index (κ1) is 7.06. The van der Waals surface area contributed by atoms with Gasteiger partial charge in [-0.15, -0.1) is 5.10 Å². The van der Waals surface area contributed by atoms with Crippen molar-refractivity contribution in [1.82, 2.24) is 15.5 Å². The summed E-state index contributed by atoms with van der Waals surface area (Å²) in [5, 5.41) is 10.7. The van der Waals surface area contributed by atoms with Gasteiger partial charge in [0.05, 0.1) is 6.04 Å². The lowest BCUT2D eigenvalue weighted by molar-refractivity contribution is 0.430. The van der Waals surface area contributed by atoms with Crippen molar-refractivity contribution in [2.45, 2.75) is 18.9 Å². The lowest BCUT2D eigenvalue weighted by atomic mass is 10.2. The van der Waals surface area contributed by atoms with Crippen molar-refractivity contribution >= 4 is 11.6 Å². The van der Waals surface area contributed by atoms with Crippen LogP contribution < -0.4 is 5.32 Å². The molecule has 1 N–H and O–H groups in total. The summed E-state index contributed by atoms with van der Waals surface area (Å²) >= 11 is 5.47. The van der Waals surface area contributed by atoms with Crippen LogP contribution in [0.2, 0.25) is 5.35 Å². The van der Waals surface area contributed by atoms with Gasteiger partial charge in [-0.2, -0.15) is 0 Å². The van der Waals surface area contributed by atoms with E-state index < -0.39 is 0 Å². The maximum Gasteiger partial charge on any atom is 0.312 e. The van der Waals surface area contributed by atoms with Crippen LogP contribution in [-0.2, 0) is 0 Å². The second-order valence-electron chi connectivity index (χ2n) is 2.54. The third kappa shape index (κ3) is 1.36. The van der Waals surface area contributed by atoms with Gasteiger partial charge in [-0.1, -0.05) is 5.10 Å². The second kappa shape index (κ2) is 2.79. The van der Waals surface area contributed by atoms with Gasteiger partial charge >= 0.3 is 5.35 Å². The molecule has 1 fully saturated rings. The average molecular weight is 174 g/mol. The van der Waals surface area contributed by atoms with Crippen molar-refractivity contribution in [3.8, 4) is 0 Å². The molecule has 1 aliphatic rings. The number of hydrogen-bond acceptors (Lipinski definition) is 4. The summed E-state index contributed by atoms with van der Waals surface area (Å²) in [6.07, 6.45) is 2.21. The highest BCUT2D eigenvalue weighted by Gasteiger charge is 2.21. The minimum absolute atomic E-state index is 0.119. The molecule has 0 radical (unpaired) electrons. The summed E-state index contributed by atoms with van der Waals surface area (Å²) < 4.78 is 5.05. The van der Waals surface area contributed by atoms with Gasteiger partial charge in [0.25, 0.3) is 0 Å². The molecule has 0 spiro atoms. The molecule has 2 rings (SSSR count). The number of rotatable bonds is 1. The minimum atomic E-state index is 0.119. The Kier molecular flexibility index (Phi) is 1.79. The van der Waals surface area contributed by atoms with E-state index in [2.05, 4.69) is 15.5 Å². The van der Waals surface area contributed by atoms with Crippen LogP contribution in [0.1, 0.15) is 24.8 Å². The summed E-state index contributed by atoms with van der Waals surface area (Å²) in [6, 6.07) is 0.218. The summed E-state index contributed by atoms with van der Waals surface area (Å²) in [5.74, 6) is 0.604. The van der Waals surface area contributed by atoms with Crippen LogP contribution in [0.5, 0.6) is 0 Å². The summed E-state index contributed by atoms with van der Waals surface area (Å²) in [6.45, 7) is 1.02. The molecule has 1 atom stereocenters. The first-order valence-electron chi connectivity index (χ1n) is 3.58. The molecule has 0 saturated carbocycles. The molecule has 0 aliphatic carbocycles. The van der Waals surface area contributed by atoms with Crippen LogP contribution in [0.15, 0.2) is 4.42 Å². The van der Waals surface area contributed by atoms with Gasteiger partial charge in [0.15, 0.2) is 0 Å².